The minimum atomic E-state index is -1.86. The fourth-order valence-electron chi connectivity index (χ4n) is 0.764. The zero-order valence-corrected chi connectivity index (χ0v) is 5.52. The lowest BCUT2D eigenvalue weighted by molar-refractivity contribution is -0.145. The molecule has 0 aromatic heterocycles. The summed E-state index contributed by atoms with van der Waals surface area (Å²) in [7, 11) is 0. The zero-order chi connectivity index (χ0) is 8.48. The van der Waals surface area contributed by atoms with Crippen molar-refractivity contribution in [3.05, 3.63) is 12.2 Å². The van der Waals surface area contributed by atoms with Gasteiger partial charge in [0.25, 0.3) is 11.4 Å². The van der Waals surface area contributed by atoms with Crippen molar-refractivity contribution >= 4 is 18.1 Å². The predicted molar refractivity (Wildman–Crippen MR) is 37.2 cm³/mol. The van der Waals surface area contributed by atoms with Crippen molar-refractivity contribution in [1.82, 2.24) is 0 Å². The van der Waals surface area contributed by atoms with E-state index in [2.05, 4.69) is 4.99 Å². The van der Waals surface area contributed by atoms with Crippen LogP contribution in [0.1, 0.15) is 0 Å². The molecule has 11 heavy (non-hydrogen) atoms. The average Bonchev–Trinajstić information content (AvgIpc) is 2.34. The maximum atomic E-state index is 10.6. The number of hydrogen-bond donors (Lipinski definition) is 2. The minimum Gasteiger partial charge on any atom is -0.479 e. The first-order valence-corrected chi connectivity index (χ1v) is 2.86. The van der Waals surface area contributed by atoms with Gasteiger partial charge in [0.1, 0.15) is 0 Å². The molecule has 0 radical (unpaired) electrons. The van der Waals surface area contributed by atoms with Gasteiger partial charge in [-0.3, -0.25) is 9.79 Å². The summed E-state index contributed by atoms with van der Waals surface area (Å²) in [5, 5.41) is 8.57. The van der Waals surface area contributed by atoms with E-state index in [0.717, 1.165) is 6.08 Å². The highest BCUT2D eigenvalue weighted by molar-refractivity contribution is 6.11. The lowest BCUT2D eigenvalue weighted by Gasteiger charge is -2.12. The molecule has 1 rings (SSSR count). The smallest absolute Gasteiger partial charge is 0.345 e. The molecule has 0 aromatic carbocycles. The number of rotatable bonds is 2. The van der Waals surface area contributed by atoms with Crippen molar-refractivity contribution in [2.24, 2.45) is 10.7 Å². The van der Waals surface area contributed by atoms with E-state index in [0.29, 0.717) is 0 Å². The number of carbonyl (C=O) groups excluding carboxylic acids is 1. The molecule has 0 bridgehead atoms. The van der Waals surface area contributed by atoms with Crippen LogP contribution in [0.2, 0.25) is 0 Å². The lowest BCUT2D eigenvalue weighted by atomic mass is 10.0. The molecule has 5 nitrogen and oxygen atoms in total. The number of primary amides is 1. The maximum absolute atomic E-state index is 10.6. The molecule has 1 atom stereocenters. The van der Waals surface area contributed by atoms with Gasteiger partial charge in [0.05, 0.1) is 0 Å². The first kappa shape index (κ1) is 7.46. The second-order valence-electron chi connectivity index (χ2n) is 2.07. The highest BCUT2D eigenvalue weighted by Gasteiger charge is 2.43. The molecule has 1 aliphatic heterocycles. The summed E-state index contributed by atoms with van der Waals surface area (Å²) in [5.41, 5.74) is 2.99. The Balaban J connectivity index is 3.09. The number of carboxylic acids is 1. The Bertz CT molecular complexity index is 239. The lowest BCUT2D eigenvalue weighted by Crippen LogP contribution is -2.46. The molecule has 58 valence electrons. The quantitative estimate of drug-likeness (QED) is 0.496. The molecule has 1 heterocycles. The summed E-state index contributed by atoms with van der Waals surface area (Å²) in [6.45, 7) is 0. The van der Waals surface area contributed by atoms with Crippen LogP contribution in [-0.2, 0) is 9.59 Å². The fourth-order valence-corrected chi connectivity index (χ4v) is 0.764. The van der Waals surface area contributed by atoms with Gasteiger partial charge < -0.3 is 10.8 Å². The van der Waals surface area contributed by atoms with Gasteiger partial charge in [0.2, 0.25) is 0 Å². The molecule has 1 unspecified atom stereocenters. The van der Waals surface area contributed by atoms with Crippen molar-refractivity contribution in [3.8, 4) is 0 Å². The first-order valence-electron chi connectivity index (χ1n) is 2.86. The molecule has 0 saturated carbocycles. The van der Waals surface area contributed by atoms with Crippen LogP contribution in [0.3, 0.4) is 0 Å². The largest absolute Gasteiger partial charge is 0.479 e. The van der Waals surface area contributed by atoms with E-state index >= 15 is 0 Å². The van der Waals surface area contributed by atoms with Crippen LogP contribution >= 0.6 is 0 Å². The Labute approximate surface area is 62.2 Å². The van der Waals surface area contributed by atoms with Crippen LogP contribution in [0, 0.1) is 0 Å². The van der Waals surface area contributed by atoms with Gasteiger partial charge in [-0.15, -0.1) is 0 Å². The molecule has 3 N–H and O–H groups in total. The summed E-state index contributed by atoms with van der Waals surface area (Å²) in [6, 6.07) is 0. The molecule has 0 saturated heterocycles. The summed E-state index contributed by atoms with van der Waals surface area (Å²) >= 11 is 0. The van der Waals surface area contributed by atoms with E-state index in [4.69, 9.17) is 10.8 Å². The van der Waals surface area contributed by atoms with Crippen molar-refractivity contribution in [2.75, 3.05) is 0 Å². The van der Waals surface area contributed by atoms with Crippen molar-refractivity contribution in [1.29, 1.82) is 0 Å². The number of hydrogen-bond acceptors (Lipinski definition) is 3. The van der Waals surface area contributed by atoms with Crippen LogP contribution in [0.4, 0.5) is 0 Å². The van der Waals surface area contributed by atoms with E-state index in [1.165, 1.54) is 12.3 Å². The minimum absolute atomic E-state index is 0.977. The molecule has 0 spiro atoms. The molecule has 1 amide bonds. The van der Waals surface area contributed by atoms with Gasteiger partial charge in [0, 0.05) is 6.21 Å². The van der Waals surface area contributed by atoms with E-state index in [1.807, 2.05) is 0 Å². The number of nitrogens with zero attached hydrogens (tertiary/aromatic N) is 1. The van der Waals surface area contributed by atoms with Gasteiger partial charge in [-0.2, -0.15) is 0 Å². The van der Waals surface area contributed by atoms with E-state index in [1.54, 1.807) is 0 Å². The van der Waals surface area contributed by atoms with Crippen LogP contribution in [0.15, 0.2) is 17.1 Å². The molecule has 0 aromatic rings. The Morgan fingerprint density at radius 3 is 2.36 bits per heavy atom. The third kappa shape index (κ3) is 0.899. The van der Waals surface area contributed by atoms with E-state index in [-0.39, 0.29) is 0 Å². The Kier molecular flexibility index (Phi) is 1.48. The van der Waals surface area contributed by atoms with Gasteiger partial charge in [0.15, 0.2) is 0 Å². The Hall–Kier alpha value is -1.65. The molecular weight excluding hydrogens is 148 g/mol. The van der Waals surface area contributed by atoms with Crippen LogP contribution in [0.25, 0.3) is 0 Å². The number of nitrogens with two attached hydrogens (primary N) is 1. The highest BCUT2D eigenvalue weighted by Crippen LogP contribution is 2.16. The number of aliphatic carboxylic acids is 1. The number of amides is 1. The number of carboxylic acid groups (broad SMARTS) is 1. The molecule has 1 aliphatic rings. The second-order valence-corrected chi connectivity index (χ2v) is 2.07. The highest BCUT2D eigenvalue weighted by atomic mass is 16.4. The summed E-state index contributed by atoms with van der Waals surface area (Å²) in [5.74, 6) is -2.33. The van der Waals surface area contributed by atoms with Gasteiger partial charge >= 0.3 is 5.97 Å². The molecular formula is C6H6N2O3. The summed E-state index contributed by atoms with van der Waals surface area (Å²) in [6.07, 6.45) is 3.76. The van der Waals surface area contributed by atoms with Crippen molar-refractivity contribution in [3.63, 3.8) is 0 Å². The molecule has 0 fully saturated rings. The van der Waals surface area contributed by atoms with Crippen molar-refractivity contribution < 1.29 is 14.7 Å². The van der Waals surface area contributed by atoms with E-state index in [9.17, 15) is 9.59 Å². The average molecular weight is 154 g/mol. The monoisotopic (exact) mass is 154 g/mol. The zero-order valence-electron chi connectivity index (χ0n) is 5.52. The fraction of sp³-hybridized carbons (Fsp3) is 0.167. The third-order valence-corrected chi connectivity index (χ3v) is 1.40. The van der Waals surface area contributed by atoms with Crippen molar-refractivity contribution in [2.45, 2.75) is 5.54 Å². The van der Waals surface area contributed by atoms with Crippen LogP contribution < -0.4 is 5.73 Å². The summed E-state index contributed by atoms with van der Waals surface area (Å²) < 4.78 is 0. The maximum Gasteiger partial charge on any atom is 0.345 e. The Morgan fingerprint density at radius 1 is 1.55 bits per heavy atom. The van der Waals surface area contributed by atoms with E-state index < -0.39 is 17.4 Å². The van der Waals surface area contributed by atoms with Gasteiger partial charge in [-0.25, -0.2) is 4.79 Å². The topological polar surface area (TPSA) is 92.8 Å². The Morgan fingerprint density at radius 2 is 2.18 bits per heavy atom. The first-order chi connectivity index (χ1) is 5.09. The SMILES string of the molecule is NC(=O)C1(C(=O)O)C=CC=N1. The molecule has 0 aliphatic carbocycles. The standard InChI is InChI=1S/C6H6N2O3/c7-4(9)6(5(10)11)2-1-3-8-6/h1-3H,(H2,7,9)(H,10,11). The molecule has 5 heteroatoms. The van der Waals surface area contributed by atoms with Gasteiger partial charge in [-0.05, 0) is 12.2 Å². The third-order valence-electron chi connectivity index (χ3n) is 1.40. The summed E-state index contributed by atoms with van der Waals surface area (Å²) in [4.78, 5) is 24.6. The normalized spacial score (nSPS) is 27.3. The predicted octanol–water partition coefficient (Wildman–Crippen LogP) is -1.06. The van der Waals surface area contributed by atoms with Crippen LogP contribution in [0.5, 0.6) is 0 Å². The number of aliphatic imine (C=N–C) groups is 1. The second kappa shape index (κ2) is 2.19. The van der Waals surface area contributed by atoms with Gasteiger partial charge in [-0.1, -0.05) is 0 Å². The van der Waals surface area contributed by atoms with Crippen LogP contribution in [-0.4, -0.2) is 28.7 Å². The number of carbonyl (C=O) groups is 2. The number of allylic oxidation sites excluding steroid dienone is 1.